The quantitative estimate of drug-likeness (QED) is 0.509. The summed E-state index contributed by atoms with van der Waals surface area (Å²) in [5.41, 5.74) is 2.75. The lowest BCUT2D eigenvalue weighted by atomic mass is 9.89. The number of hydrogen-bond donors (Lipinski definition) is 1. The fourth-order valence-corrected chi connectivity index (χ4v) is 4.97. The third-order valence-electron chi connectivity index (χ3n) is 7.09. The number of anilines is 2. The summed E-state index contributed by atoms with van der Waals surface area (Å²) in [6.45, 7) is 2.78. The van der Waals surface area contributed by atoms with E-state index in [4.69, 9.17) is 14.0 Å². The number of piperazine rings is 1. The Morgan fingerprint density at radius 2 is 1.67 bits per heavy atom. The van der Waals surface area contributed by atoms with Crippen LogP contribution in [-0.2, 0) is 0 Å². The van der Waals surface area contributed by atoms with Crippen LogP contribution >= 0.6 is 0 Å². The number of nitrogens with zero attached hydrogens (tertiary/aromatic N) is 4. The molecule has 1 aromatic heterocycles. The molecule has 9 nitrogen and oxygen atoms in total. The van der Waals surface area contributed by atoms with E-state index < -0.39 is 0 Å². The number of aromatic nitrogens is 2. The number of ether oxygens (including phenoxy) is 2. The van der Waals surface area contributed by atoms with E-state index in [2.05, 4.69) is 32.5 Å². The molecule has 0 radical (unpaired) electrons. The van der Waals surface area contributed by atoms with Crippen molar-refractivity contribution in [2.45, 2.75) is 38.0 Å². The Morgan fingerprint density at radius 1 is 0.944 bits per heavy atom. The van der Waals surface area contributed by atoms with Gasteiger partial charge in [-0.3, -0.25) is 0 Å². The first kappa shape index (κ1) is 24.0. The lowest BCUT2D eigenvalue weighted by Gasteiger charge is -2.36. The van der Waals surface area contributed by atoms with Crippen molar-refractivity contribution < 1.29 is 18.8 Å². The molecule has 2 aromatic carbocycles. The molecule has 3 aromatic rings. The number of carbonyl (C=O) groups excluding carboxylic acids is 1. The van der Waals surface area contributed by atoms with Crippen LogP contribution < -0.4 is 19.7 Å². The maximum absolute atomic E-state index is 12.8. The van der Waals surface area contributed by atoms with Gasteiger partial charge in [0.25, 0.3) is 0 Å². The summed E-state index contributed by atoms with van der Waals surface area (Å²) in [6.07, 6.45) is 6.05. The maximum Gasteiger partial charge on any atom is 0.321 e. The molecule has 1 saturated carbocycles. The Morgan fingerprint density at radius 3 is 2.36 bits per heavy atom. The number of benzene rings is 2. The number of hydrogen-bond acceptors (Lipinski definition) is 7. The number of methoxy groups -OCH3 is 2. The minimum absolute atomic E-state index is 0.122. The molecule has 190 valence electrons. The molecule has 2 fully saturated rings. The predicted molar refractivity (Wildman–Crippen MR) is 138 cm³/mol. The van der Waals surface area contributed by atoms with Gasteiger partial charge in [-0.1, -0.05) is 24.4 Å². The van der Waals surface area contributed by atoms with Crippen LogP contribution in [0.5, 0.6) is 11.5 Å². The van der Waals surface area contributed by atoms with Crippen LogP contribution in [0.2, 0.25) is 0 Å². The van der Waals surface area contributed by atoms with Crippen LogP contribution in [0.4, 0.5) is 16.2 Å². The first-order valence-electron chi connectivity index (χ1n) is 12.6. The van der Waals surface area contributed by atoms with Gasteiger partial charge in [0.2, 0.25) is 11.7 Å². The average molecular weight is 492 g/mol. The third-order valence-corrected chi connectivity index (χ3v) is 7.09. The molecule has 0 unspecified atom stereocenters. The van der Waals surface area contributed by atoms with Crippen LogP contribution in [0.1, 0.15) is 43.9 Å². The van der Waals surface area contributed by atoms with E-state index >= 15 is 0 Å². The summed E-state index contributed by atoms with van der Waals surface area (Å²) < 4.78 is 16.2. The van der Waals surface area contributed by atoms with Gasteiger partial charge in [0.15, 0.2) is 11.5 Å². The van der Waals surface area contributed by atoms with E-state index in [0.717, 1.165) is 43.1 Å². The normalized spacial score (nSPS) is 16.6. The van der Waals surface area contributed by atoms with Crippen molar-refractivity contribution in [1.82, 2.24) is 15.0 Å². The van der Waals surface area contributed by atoms with Gasteiger partial charge in [-0.15, -0.1) is 0 Å². The Balaban J connectivity index is 1.15. The SMILES string of the molecule is COc1ccc(NC(=O)N2CCN(c3ccc(-c4noc(C5CCCCC5)n4)cc3)CC2)cc1OC. The molecule has 36 heavy (non-hydrogen) atoms. The Kier molecular flexibility index (Phi) is 7.25. The van der Waals surface area contributed by atoms with Gasteiger partial charge < -0.3 is 29.1 Å². The second-order valence-corrected chi connectivity index (χ2v) is 9.31. The smallest absolute Gasteiger partial charge is 0.321 e. The highest BCUT2D eigenvalue weighted by atomic mass is 16.5. The summed E-state index contributed by atoms with van der Waals surface area (Å²) in [4.78, 5) is 21.6. The summed E-state index contributed by atoms with van der Waals surface area (Å²) in [7, 11) is 3.16. The first-order valence-corrected chi connectivity index (χ1v) is 12.6. The number of nitrogens with one attached hydrogen (secondary N) is 1. The van der Waals surface area contributed by atoms with Crippen molar-refractivity contribution >= 4 is 17.4 Å². The molecule has 0 spiro atoms. The molecule has 2 aliphatic rings. The fourth-order valence-electron chi connectivity index (χ4n) is 4.97. The minimum atomic E-state index is -0.122. The molecule has 1 aliphatic carbocycles. The van der Waals surface area contributed by atoms with Gasteiger partial charge in [-0.2, -0.15) is 4.98 Å². The van der Waals surface area contributed by atoms with Crippen molar-refractivity contribution in [2.24, 2.45) is 0 Å². The first-order chi connectivity index (χ1) is 17.6. The van der Waals surface area contributed by atoms with E-state index in [1.54, 1.807) is 32.4 Å². The summed E-state index contributed by atoms with van der Waals surface area (Å²) in [5.74, 6) is 3.03. The van der Waals surface area contributed by atoms with Crippen LogP contribution in [0.15, 0.2) is 47.0 Å². The minimum Gasteiger partial charge on any atom is -0.493 e. The molecule has 1 N–H and O–H groups in total. The van der Waals surface area contributed by atoms with Gasteiger partial charge in [-0.05, 0) is 49.2 Å². The topological polar surface area (TPSA) is 93.0 Å². The average Bonchev–Trinajstić information content (AvgIpc) is 3.44. The number of carbonyl (C=O) groups is 1. The maximum atomic E-state index is 12.8. The van der Waals surface area contributed by atoms with Gasteiger partial charge in [0, 0.05) is 55.1 Å². The van der Waals surface area contributed by atoms with Gasteiger partial charge >= 0.3 is 6.03 Å². The molecule has 9 heteroatoms. The summed E-state index contributed by atoms with van der Waals surface area (Å²) in [5, 5.41) is 7.18. The molecular weight excluding hydrogens is 458 g/mol. The second-order valence-electron chi connectivity index (χ2n) is 9.31. The molecule has 2 amide bonds. The van der Waals surface area contributed by atoms with Gasteiger partial charge in [0.05, 0.1) is 14.2 Å². The Hall–Kier alpha value is -3.75. The standard InChI is InChI=1S/C27H33N5O4/c1-34-23-13-10-21(18-24(23)35-2)28-27(33)32-16-14-31(15-17-32)22-11-8-19(9-12-22)25-29-26(36-30-25)20-6-4-3-5-7-20/h8-13,18,20H,3-7,14-17H2,1-2H3,(H,28,33). The van der Waals surface area contributed by atoms with Crippen molar-refractivity contribution in [3.63, 3.8) is 0 Å². The largest absolute Gasteiger partial charge is 0.493 e. The van der Waals surface area contributed by atoms with E-state index in [-0.39, 0.29) is 6.03 Å². The zero-order valence-electron chi connectivity index (χ0n) is 20.9. The van der Waals surface area contributed by atoms with Crippen molar-refractivity contribution in [2.75, 3.05) is 50.6 Å². The summed E-state index contributed by atoms with van der Waals surface area (Å²) >= 11 is 0. The molecule has 0 bridgehead atoms. The van der Waals surface area contributed by atoms with Crippen LogP contribution in [0.3, 0.4) is 0 Å². The molecule has 1 aliphatic heterocycles. The van der Waals surface area contributed by atoms with Crippen molar-refractivity contribution in [3.05, 3.63) is 48.4 Å². The van der Waals surface area contributed by atoms with Crippen LogP contribution in [0, 0.1) is 0 Å². The highest BCUT2D eigenvalue weighted by Gasteiger charge is 2.23. The van der Waals surface area contributed by atoms with Crippen LogP contribution in [0.25, 0.3) is 11.4 Å². The second kappa shape index (κ2) is 10.9. The van der Waals surface area contributed by atoms with E-state index in [1.165, 1.54) is 19.3 Å². The molecule has 0 atom stereocenters. The van der Waals surface area contributed by atoms with E-state index in [0.29, 0.717) is 42.0 Å². The third kappa shape index (κ3) is 5.24. The highest BCUT2D eigenvalue weighted by Crippen LogP contribution is 2.33. The monoisotopic (exact) mass is 491 g/mol. The number of urea groups is 1. The lowest BCUT2D eigenvalue weighted by Crippen LogP contribution is -2.50. The van der Waals surface area contributed by atoms with Crippen molar-refractivity contribution in [1.29, 1.82) is 0 Å². The fraction of sp³-hybridized carbons (Fsp3) is 0.444. The number of amides is 2. The lowest BCUT2D eigenvalue weighted by molar-refractivity contribution is 0.208. The van der Waals surface area contributed by atoms with Gasteiger partial charge in [-0.25, -0.2) is 4.79 Å². The molecule has 1 saturated heterocycles. The van der Waals surface area contributed by atoms with E-state index in [1.807, 2.05) is 17.0 Å². The molecular formula is C27H33N5O4. The highest BCUT2D eigenvalue weighted by molar-refractivity contribution is 5.90. The Bertz CT molecular complexity index is 1170. The van der Waals surface area contributed by atoms with E-state index in [9.17, 15) is 4.79 Å². The molecule has 5 rings (SSSR count). The molecule has 2 heterocycles. The summed E-state index contributed by atoms with van der Waals surface area (Å²) in [6, 6.07) is 13.5. The zero-order chi connectivity index (χ0) is 24.9. The van der Waals surface area contributed by atoms with Crippen molar-refractivity contribution in [3.8, 4) is 22.9 Å². The predicted octanol–water partition coefficient (Wildman–Crippen LogP) is 5.16. The zero-order valence-corrected chi connectivity index (χ0v) is 20.9. The van der Waals surface area contributed by atoms with Crippen LogP contribution in [-0.4, -0.2) is 61.5 Å². The Labute approximate surface area is 211 Å². The number of rotatable bonds is 6. The van der Waals surface area contributed by atoms with Gasteiger partial charge in [0.1, 0.15) is 0 Å².